The highest BCUT2D eigenvalue weighted by Crippen LogP contribution is 2.22. The molecule has 0 saturated carbocycles. The summed E-state index contributed by atoms with van der Waals surface area (Å²) in [7, 11) is 1.90. The van der Waals surface area contributed by atoms with E-state index in [0.29, 0.717) is 6.04 Å². The Morgan fingerprint density at radius 2 is 2.16 bits per heavy atom. The normalized spacial score (nSPS) is 15.8. The summed E-state index contributed by atoms with van der Waals surface area (Å²) in [6, 6.07) is 8.46. The van der Waals surface area contributed by atoms with E-state index in [9.17, 15) is 4.79 Å². The van der Waals surface area contributed by atoms with Crippen LogP contribution in [0.4, 0.5) is 0 Å². The van der Waals surface area contributed by atoms with E-state index in [1.165, 1.54) is 5.56 Å². The van der Waals surface area contributed by atoms with Crippen LogP contribution >= 0.6 is 0 Å². The fourth-order valence-corrected chi connectivity index (χ4v) is 3.15. The van der Waals surface area contributed by atoms with Gasteiger partial charge in [-0.1, -0.05) is 35.0 Å². The number of nitrogens with zero attached hydrogens (tertiary/aromatic N) is 4. The summed E-state index contributed by atoms with van der Waals surface area (Å²) in [4.78, 5) is 14.3. The Balaban J connectivity index is 1.53. The molecule has 1 amide bonds. The minimum absolute atomic E-state index is 0.0782. The molecule has 3 rings (SSSR count). The molecule has 1 N–H and O–H groups in total. The Hall–Kier alpha value is -2.47. The minimum Gasteiger partial charge on any atom is -0.339 e. The van der Waals surface area contributed by atoms with Crippen molar-refractivity contribution in [2.24, 2.45) is 0 Å². The van der Waals surface area contributed by atoms with Crippen molar-refractivity contribution in [3.8, 4) is 0 Å². The molecule has 25 heavy (non-hydrogen) atoms. The molecule has 6 heteroatoms. The van der Waals surface area contributed by atoms with Gasteiger partial charge in [-0.2, -0.15) is 0 Å². The molecule has 1 saturated heterocycles. The highest BCUT2D eigenvalue weighted by atomic mass is 16.2. The van der Waals surface area contributed by atoms with Gasteiger partial charge in [0.25, 0.3) is 0 Å². The highest BCUT2D eigenvalue weighted by Gasteiger charge is 2.23. The third kappa shape index (κ3) is 4.54. The maximum atomic E-state index is 12.4. The lowest BCUT2D eigenvalue weighted by atomic mass is 10.0. The summed E-state index contributed by atoms with van der Waals surface area (Å²) >= 11 is 0. The van der Waals surface area contributed by atoms with Crippen LogP contribution in [0.2, 0.25) is 0 Å². The first kappa shape index (κ1) is 17.4. The van der Waals surface area contributed by atoms with Gasteiger partial charge in [-0.25, -0.2) is 4.68 Å². The zero-order valence-electron chi connectivity index (χ0n) is 14.9. The number of aryl methyl sites for hydroxylation is 1. The Bertz CT molecular complexity index is 744. The number of amides is 1. The molecule has 6 nitrogen and oxygen atoms in total. The number of piperidine rings is 1. The van der Waals surface area contributed by atoms with Crippen LogP contribution in [0.3, 0.4) is 0 Å². The molecule has 0 unspecified atom stereocenters. The summed E-state index contributed by atoms with van der Waals surface area (Å²) < 4.78 is 1.94. The van der Waals surface area contributed by atoms with Crippen molar-refractivity contribution in [2.75, 3.05) is 20.1 Å². The van der Waals surface area contributed by atoms with Crippen molar-refractivity contribution in [1.29, 1.82) is 0 Å². The monoisotopic (exact) mass is 339 g/mol. The van der Waals surface area contributed by atoms with E-state index < -0.39 is 0 Å². The van der Waals surface area contributed by atoms with Crippen molar-refractivity contribution >= 4 is 12.0 Å². The average molecular weight is 339 g/mol. The van der Waals surface area contributed by atoms with E-state index >= 15 is 0 Å². The number of rotatable bonds is 5. The molecule has 0 atom stereocenters. The van der Waals surface area contributed by atoms with Gasteiger partial charge >= 0.3 is 0 Å². The van der Waals surface area contributed by atoms with Crippen molar-refractivity contribution in [3.05, 3.63) is 53.4 Å². The molecule has 1 fully saturated rings. The molecule has 2 aromatic rings. The molecule has 1 aromatic heterocycles. The number of hydrogen-bond acceptors (Lipinski definition) is 4. The molecule has 0 spiro atoms. The molecule has 0 bridgehead atoms. The standard InChI is InChI=1S/C19H25N5O/c1-15-4-3-5-16(12-15)6-7-19(25)23-10-8-18(9-11-23)24-14-17(13-20-2)21-22-24/h3-7,12,14,18,20H,8-11,13H2,1-2H3. The molecule has 132 valence electrons. The van der Waals surface area contributed by atoms with E-state index in [0.717, 1.165) is 43.7 Å². The fraction of sp³-hybridized carbons (Fsp3) is 0.421. The first-order valence-electron chi connectivity index (χ1n) is 8.74. The van der Waals surface area contributed by atoms with E-state index in [2.05, 4.69) is 34.7 Å². The Kier molecular flexibility index (Phi) is 5.60. The van der Waals surface area contributed by atoms with Crippen LogP contribution in [0.5, 0.6) is 0 Å². The number of carbonyl (C=O) groups excluding carboxylic acids is 1. The van der Waals surface area contributed by atoms with Crippen molar-refractivity contribution in [1.82, 2.24) is 25.2 Å². The smallest absolute Gasteiger partial charge is 0.246 e. The van der Waals surface area contributed by atoms with Crippen LogP contribution in [-0.4, -0.2) is 45.9 Å². The maximum Gasteiger partial charge on any atom is 0.246 e. The average Bonchev–Trinajstić information content (AvgIpc) is 3.09. The van der Waals surface area contributed by atoms with Gasteiger partial charge in [0.2, 0.25) is 5.91 Å². The zero-order valence-corrected chi connectivity index (χ0v) is 14.9. The molecular weight excluding hydrogens is 314 g/mol. The minimum atomic E-state index is 0.0782. The number of nitrogens with one attached hydrogen (secondary N) is 1. The van der Waals surface area contributed by atoms with Gasteiger partial charge in [-0.15, -0.1) is 5.10 Å². The molecule has 2 heterocycles. The maximum absolute atomic E-state index is 12.4. The van der Waals surface area contributed by atoms with Crippen LogP contribution in [0, 0.1) is 6.92 Å². The molecular formula is C19H25N5O. The second kappa shape index (κ2) is 8.07. The van der Waals surface area contributed by atoms with Crippen LogP contribution in [0.1, 0.15) is 35.7 Å². The number of carbonyl (C=O) groups is 1. The zero-order chi connectivity index (χ0) is 17.6. The Morgan fingerprint density at radius 1 is 1.36 bits per heavy atom. The van der Waals surface area contributed by atoms with Gasteiger partial charge in [0.15, 0.2) is 0 Å². The summed E-state index contributed by atoms with van der Waals surface area (Å²) in [5, 5.41) is 11.5. The molecule has 1 aliphatic heterocycles. The molecule has 1 aliphatic rings. The van der Waals surface area contributed by atoms with Crippen LogP contribution in [-0.2, 0) is 11.3 Å². The molecule has 0 aliphatic carbocycles. The first-order valence-corrected chi connectivity index (χ1v) is 8.74. The largest absolute Gasteiger partial charge is 0.339 e. The quantitative estimate of drug-likeness (QED) is 0.848. The molecule has 0 radical (unpaired) electrons. The van der Waals surface area contributed by atoms with Gasteiger partial charge < -0.3 is 10.2 Å². The van der Waals surface area contributed by atoms with E-state index in [-0.39, 0.29) is 5.91 Å². The van der Waals surface area contributed by atoms with Gasteiger partial charge in [0.05, 0.1) is 17.9 Å². The van der Waals surface area contributed by atoms with E-state index in [1.807, 2.05) is 41.0 Å². The van der Waals surface area contributed by atoms with Crippen LogP contribution < -0.4 is 5.32 Å². The van der Waals surface area contributed by atoms with Gasteiger partial charge in [0.1, 0.15) is 0 Å². The first-order chi connectivity index (χ1) is 12.2. The highest BCUT2D eigenvalue weighted by molar-refractivity contribution is 5.91. The summed E-state index contributed by atoms with van der Waals surface area (Å²) in [6.45, 7) is 4.28. The van der Waals surface area contributed by atoms with Gasteiger partial charge in [-0.3, -0.25) is 4.79 Å². The lowest BCUT2D eigenvalue weighted by Crippen LogP contribution is -2.38. The van der Waals surface area contributed by atoms with Crippen molar-refractivity contribution in [3.63, 3.8) is 0 Å². The second-order valence-electron chi connectivity index (χ2n) is 6.52. The van der Waals surface area contributed by atoms with Gasteiger partial charge in [-0.05, 0) is 38.5 Å². The van der Waals surface area contributed by atoms with Crippen molar-refractivity contribution < 1.29 is 4.79 Å². The lowest BCUT2D eigenvalue weighted by Gasteiger charge is -2.31. The Morgan fingerprint density at radius 3 is 2.88 bits per heavy atom. The topological polar surface area (TPSA) is 63.1 Å². The summed E-state index contributed by atoms with van der Waals surface area (Å²) in [5.74, 6) is 0.0782. The number of aromatic nitrogens is 3. The predicted molar refractivity (Wildman–Crippen MR) is 97.8 cm³/mol. The number of hydrogen-bond donors (Lipinski definition) is 1. The Labute approximate surface area is 148 Å². The van der Waals surface area contributed by atoms with Crippen molar-refractivity contribution in [2.45, 2.75) is 32.4 Å². The third-order valence-corrected chi connectivity index (χ3v) is 4.53. The summed E-state index contributed by atoms with van der Waals surface area (Å²) in [6.07, 6.45) is 7.38. The van der Waals surface area contributed by atoms with Gasteiger partial charge in [0, 0.05) is 25.7 Å². The van der Waals surface area contributed by atoms with E-state index in [4.69, 9.17) is 0 Å². The SMILES string of the molecule is CNCc1cn(C2CCN(C(=O)C=Cc3cccc(C)c3)CC2)nn1. The number of likely N-dealkylation sites (tertiary alicyclic amines) is 1. The fourth-order valence-electron chi connectivity index (χ4n) is 3.15. The lowest BCUT2D eigenvalue weighted by molar-refractivity contribution is -0.127. The summed E-state index contributed by atoms with van der Waals surface area (Å²) in [5.41, 5.74) is 3.20. The van der Waals surface area contributed by atoms with Crippen LogP contribution in [0.25, 0.3) is 6.08 Å². The van der Waals surface area contributed by atoms with Crippen LogP contribution in [0.15, 0.2) is 36.5 Å². The predicted octanol–water partition coefficient (Wildman–Crippen LogP) is 2.18. The molecule has 1 aromatic carbocycles. The second-order valence-corrected chi connectivity index (χ2v) is 6.52. The third-order valence-electron chi connectivity index (χ3n) is 4.53. The number of benzene rings is 1. The van der Waals surface area contributed by atoms with E-state index in [1.54, 1.807) is 6.08 Å².